The van der Waals surface area contributed by atoms with Crippen molar-refractivity contribution in [2.45, 2.75) is 33.6 Å². The summed E-state index contributed by atoms with van der Waals surface area (Å²) >= 11 is 1.35. The monoisotopic (exact) mass is 357 g/mol. The second-order valence-electron chi connectivity index (χ2n) is 6.92. The van der Waals surface area contributed by atoms with Gasteiger partial charge in [0.05, 0.1) is 15.8 Å². The molecule has 130 valence electrons. The SMILES string of the molecule is CC(=O)Nc1ccc2nc(N=CC3=C(O)CC(C)(C)CC3=O)sc2c1. The minimum absolute atomic E-state index is 0.0825. The molecule has 2 N–H and O–H groups in total. The Morgan fingerprint density at radius 3 is 2.84 bits per heavy atom. The molecular weight excluding hydrogens is 338 g/mol. The van der Waals surface area contributed by atoms with E-state index in [0.717, 1.165) is 10.2 Å². The van der Waals surface area contributed by atoms with Crippen LogP contribution >= 0.6 is 11.3 Å². The number of Topliss-reactive ketones (excluding diaryl/α,β-unsaturated/α-hetero) is 1. The molecule has 0 saturated heterocycles. The van der Waals surface area contributed by atoms with Crippen LogP contribution < -0.4 is 5.32 Å². The summed E-state index contributed by atoms with van der Waals surface area (Å²) in [5.41, 5.74) is 1.50. The first-order chi connectivity index (χ1) is 11.7. The van der Waals surface area contributed by atoms with Gasteiger partial charge in [-0.05, 0) is 23.6 Å². The molecule has 1 aromatic heterocycles. The van der Waals surface area contributed by atoms with E-state index >= 15 is 0 Å². The molecule has 1 amide bonds. The molecule has 25 heavy (non-hydrogen) atoms. The molecule has 0 radical (unpaired) electrons. The van der Waals surface area contributed by atoms with Gasteiger partial charge in [-0.2, -0.15) is 0 Å². The van der Waals surface area contributed by atoms with E-state index in [1.165, 1.54) is 24.5 Å². The second-order valence-corrected chi connectivity index (χ2v) is 7.93. The number of aliphatic hydroxyl groups excluding tert-OH is 1. The molecule has 1 aliphatic carbocycles. The van der Waals surface area contributed by atoms with Gasteiger partial charge in [0.2, 0.25) is 11.0 Å². The lowest BCUT2D eigenvalue weighted by atomic mass is 9.77. The number of fused-ring (bicyclic) bond motifs is 1. The van der Waals surface area contributed by atoms with Crippen LogP contribution in [0.3, 0.4) is 0 Å². The van der Waals surface area contributed by atoms with Gasteiger partial charge in [-0.1, -0.05) is 25.2 Å². The number of anilines is 1. The molecular formula is C18H19N3O3S. The number of amides is 1. The highest BCUT2D eigenvalue weighted by Gasteiger charge is 2.32. The molecule has 6 nitrogen and oxygen atoms in total. The van der Waals surface area contributed by atoms with Gasteiger partial charge in [-0.25, -0.2) is 9.98 Å². The van der Waals surface area contributed by atoms with Crippen LogP contribution in [0.15, 0.2) is 34.5 Å². The Kier molecular flexibility index (Phi) is 4.43. The maximum Gasteiger partial charge on any atom is 0.221 e. The third-order valence-electron chi connectivity index (χ3n) is 3.90. The summed E-state index contributed by atoms with van der Waals surface area (Å²) in [5.74, 6) is -0.158. The van der Waals surface area contributed by atoms with Gasteiger partial charge >= 0.3 is 0 Å². The zero-order valence-corrected chi connectivity index (χ0v) is 15.1. The highest BCUT2D eigenvalue weighted by molar-refractivity contribution is 7.22. The Balaban J connectivity index is 1.86. The van der Waals surface area contributed by atoms with E-state index in [-0.39, 0.29) is 28.4 Å². The first-order valence-electron chi connectivity index (χ1n) is 7.91. The smallest absolute Gasteiger partial charge is 0.221 e. The summed E-state index contributed by atoms with van der Waals surface area (Å²) in [4.78, 5) is 32.0. The molecule has 7 heteroatoms. The fraction of sp³-hybridized carbons (Fsp3) is 0.333. The lowest BCUT2D eigenvalue weighted by Crippen LogP contribution is -2.26. The van der Waals surface area contributed by atoms with E-state index in [1.807, 2.05) is 19.9 Å². The summed E-state index contributed by atoms with van der Waals surface area (Å²) < 4.78 is 0.882. The molecule has 0 atom stereocenters. The molecule has 0 bridgehead atoms. The van der Waals surface area contributed by atoms with Crippen molar-refractivity contribution in [3.05, 3.63) is 29.5 Å². The molecule has 2 aromatic rings. The van der Waals surface area contributed by atoms with Crippen LogP contribution in [0, 0.1) is 5.41 Å². The lowest BCUT2D eigenvalue weighted by Gasteiger charge is -2.28. The quantitative estimate of drug-likeness (QED) is 0.807. The molecule has 1 heterocycles. The average Bonchev–Trinajstić information content (AvgIpc) is 2.86. The summed E-state index contributed by atoms with van der Waals surface area (Å²) in [5, 5.41) is 13.3. The number of nitrogens with zero attached hydrogens (tertiary/aromatic N) is 2. The molecule has 0 unspecified atom stereocenters. The highest BCUT2D eigenvalue weighted by Crippen LogP contribution is 2.36. The number of thiazole rings is 1. The number of hydrogen-bond donors (Lipinski definition) is 2. The van der Waals surface area contributed by atoms with Gasteiger partial charge in [0, 0.05) is 31.7 Å². The maximum absolute atomic E-state index is 12.2. The van der Waals surface area contributed by atoms with Crippen LogP contribution in [0.25, 0.3) is 10.2 Å². The highest BCUT2D eigenvalue weighted by atomic mass is 32.1. The fourth-order valence-corrected chi connectivity index (χ4v) is 3.67. The van der Waals surface area contributed by atoms with Crippen molar-refractivity contribution in [2.24, 2.45) is 10.4 Å². The standard InChI is InChI=1S/C18H19N3O3S/c1-10(22)20-11-4-5-13-16(6-11)25-17(21-13)19-9-12-14(23)7-18(2,3)8-15(12)24/h4-6,9,23H,7-8H2,1-3H3,(H,20,22). The Morgan fingerprint density at radius 2 is 2.16 bits per heavy atom. The Labute approximate surface area is 149 Å². The molecule has 3 rings (SSSR count). The molecule has 0 fully saturated rings. The topological polar surface area (TPSA) is 91.7 Å². The van der Waals surface area contributed by atoms with Crippen LogP contribution in [-0.2, 0) is 9.59 Å². The number of hydrogen-bond acceptors (Lipinski definition) is 6. The first-order valence-corrected chi connectivity index (χ1v) is 8.73. The predicted molar refractivity (Wildman–Crippen MR) is 99.8 cm³/mol. The number of ketones is 1. The van der Waals surface area contributed by atoms with E-state index in [9.17, 15) is 14.7 Å². The summed E-state index contributed by atoms with van der Waals surface area (Å²) in [6, 6.07) is 5.41. The molecule has 1 aliphatic rings. The van der Waals surface area contributed by atoms with Gasteiger partial charge in [0.15, 0.2) is 5.78 Å². The summed E-state index contributed by atoms with van der Waals surface area (Å²) in [6.07, 6.45) is 2.25. The van der Waals surface area contributed by atoms with Crippen molar-refractivity contribution in [1.82, 2.24) is 4.98 Å². The lowest BCUT2D eigenvalue weighted by molar-refractivity contribution is -0.118. The average molecular weight is 357 g/mol. The third-order valence-corrected chi connectivity index (χ3v) is 4.82. The minimum atomic E-state index is -0.228. The van der Waals surface area contributed by atoms with E-state index in [1.54, 1.807) is 12.1 Å². The second kappa shape index (κ2) is 6.40. The van der Waals surface area contributed by atoms with Gasteiger partial charge in [0.1, 0.15) is 5.76 Å². The minimum Gasteiger partial charge on any atom is -0.511 e. The maximum atomic E-state index is 12.2. The Bertz CT molecular complexity index is 925. The van der Waals surface area contributed by atoms with Crippen molar-refractivity contribution < 1.29 is 14.7 Å². The number of aliphatic hydroxyl groups is 1. The Hall–Kier alpha value is -2.54. The van der Waals surface area contributed by atoms with E-state index in [0.29, 0.717) is 23.7 Å². The van der Waals surface area contributed by atoms with Crippen molar-refractivity contribution in [1.29, 1.82) is 0 Å². The van der Waals surface area contributed by atoms with Crippen molar-refractivity contribution >= 4 is 50.3 Å². The fourth-order valence-electron chi connectivity index (χ4n) is 2.82. The third kappa shape index (κ3) is 3.93. The largest absolute Gasteiger partial charge is 0.511 e. The normalized spacial score (nSPS) is 17.5. The zero-order chi connectivity index (χ0) is 18.2. The number of carbonyl (C=O) groups is 2. The number of nitrogens with one attached hydrogen (secondary N) is 1. The number of aromatic nitrogens is 1. The number of carbonyl (C=O) groups excluding carboxylic acids is 2. The van der Waals surface area contributed by atoms with Gasteiger partial charge in [0.25, 0.3) is 0 Å². The van der Waals surface area contributed by atoms with Gasteiger partial charge < -0.3 is 10.4 Å². The first kappa shape index (κ1) is 17.3. The number of benzene rings is 1. The molecule has 0 spiro atoms. The van der Waals surface area contributed by atoms with Crippen LogP contribution in [0.5, 0.6) is 0 Å². The van der Waals surface area contributed by atoms with Crippen LogP contribution in [0.4, 0.5) is 10.8 Å². The van der Waals surface area contributed by atoms with Gasteiger partial charge in [-0.3, -0.25) is 9.59 Å². The predicted octanol–water partition coefficient (Wildman–Crippen LogP) is 4.16. The number of aliphatic imine (C=N–C) groups is 1. The number of rotatable bonds is 3. The molecule has 0 saturated carbocycles. The summed E-state index contributed by atoms with van der Waals surface area (Å²) in [7, 11) is 0. The van der Waals surface area contributed by atoms with Crippen molar-refractivity contribution in [2.75, 3.05) is 5.32 Å². The van der Waals surface area contributed by atoms with Crippen molar-refractivity contribution in [3.63, 3.8) is 0 Å². The van der Waals surface area contributed by atoms with E-state index in [4.69, 9.17) is 0 Å². The van der Waals surface area contributed by atoms with Crippen LogP contribution in [0.1, 0.15) is 33.6 Å². The van der Waals surface area contributed by atoms with Crippen LogP contribution in [-0.4, -0.2) is 28.0 Å². The Morgan fingerprint density at radius 1 is 1.40 bits per heavy atom. The van der Waals surface area contributed by atoms with Crippen molar-refractivity contribution in [3.8, 4) is 0 Å². The zero-order valence-electron chi connectivity index (χ0n) is 14.3. The number of allylic oxidation sites excluding steroid dienone is 2. The molecule has 0 aliphatic heterocycles. The molecule has 1 aromatic carbocycles. The van der Waals surface area contributed by atoms with Gasteiger partial charge in [-0.15, -0.1) is 0 Å². The van der Waals surface area contributed by atoms with Crippen LogP contribution in [0.2, 0.25) is 0 Å². The van der Waals surface area contributed by atoms with E-state index in [2.05, 4.69) is 15.3 Å². The summed E-state index contributed by atoms with van der Waals surface area (Å²) in [6.45, 7) is 5.36. The van der Waals surface area contributed by atoms with E-state index < -0.39 is 0 Å².